The summed E-state index contributed by atoms with van der Waals surface area (Å²) < 4.78 is 16.3. The van der Waals surface area contributed by atoms with E-state index in [9.17, 15) is 9.50 Å². The van der Waals surface area contributed by atoms with Gasteiger partial charge in [0.2, 0.25) is 0 Å². The molecule has 0 aliphatic carbocycles. The van der Waals surface area contributed by atoms with Gasteiger partial charge in [-0.1, -0.05) is 11.6 Å². The van der Waals surface area contributed by atoms with Crippen molar-refractivity contribution < 1.29 is 9.50 Å². The summed E-state index contributed by atoms with van der Waals surface area (Å²) in [7, 11) is 1.71. The lowest BCUT2D eigenvalue weighted by Crippen LogP contribution is -2.49. The molecule has 1 unspecified atom stereocenters. The molecule has 1 atom stereocenters. The quantitative estimate of drug-likeness (QED) is 0.485. The molecule has 6 nitrogen and oxygen atoms in total. The molecule has 2 aromatic carbocycles. The van der Waals surface area contributed by atoms with E-state index in [-0.39, 0.29) is 5.52 Å². The second-order valence-corrected chi connectivity index (χ2v) is 8.68. The minimum Gasteiger partial charge on any atom is -0.504 e. The van der Waals surface area contributed by atoms with E-state index in [0.717, 1.165) is 41.8 Å². The van der Waals surface area contributed by atoms with Gasteiger partial charge in [-0.2, -0.15) is 5.10 Å². The number of nitrogens with zero attached hydrogens (tertiary/aromatic N) is 4. The molecule has 5 rings (SSSR count). The number of aryl methyl sites for hydroxylation is 2. The van der Waals surface area contributed by atoms with E-state index in [1.165, 1.54) is 4.68 Å². The number of anilines is 1. The van der Waals surface area contributed by atoms with Gasteiger partial charge < -0.3 is 15.3 Å². The highest BCUT2D eigenvalue weighted by atomic mass is 35.5. The molecular formula is C23H23ClFN5O. The number of benzene rings is 2. The van der Waals surface area contributed by atoms with Gasteiger partial charge in [-0.25, -0.2) is 9.37 Å². The van der Waals surface area contributed by atoms with Crippen LogP contribution in [0, 0.1) is 12.7 Å². The third-order valence-corrected chi connectivity index (χ3v) is 6.19. The maximum atomic E-state index is 14.7. The summed E-state index contributed by atoms with van der Waals surface area (Å²) in [5.41, 5.74) is 3.67. The summed E-state index contributed by atoms with van der Waals surface area (Å²) in [4.78, 5) is 7.10. The minimum absolute atomic E-state index is 0.127. The highest BCUT2D eigenvalue weighted by molar-refractivity contribution is 6.35. The number of nitrogens with one attached hydrogen (secondary N) is 1. The molecule has 160 valence electrons. The van der Waals surface area contributed by atoms with E-state index in [0.29, 0.717) is 27.7 Å². The summed E-state index contributed by atoms with van der Waals surface area (Å²) in [6, 6.07) is 7.96. The first-order valence-corrected chi connectivity index (χ1v) is 10.6. The Morgan fingerprint density at radius 2 is 2.03 bits per heavy atom. The molecule has 1 saturated heterocycles. The number of rotatable bonds is 2. The van der Waals surface area contributed by atoms with Crippen molar-refractivity contribution in [3.63, 3.8) is 0 Å². The Morgan fingerprint density at radius 1 is 1.23 bits per heavy atom. The van der Waals surface area contributed by atoms with Crippen LogP contribution in [0.1, 0.15) is 12.5 Å². The topological polar surface area (TPSA) is 66.2 Å². The fraction of sp³-hybridized carbons (Fsp3) is 0.304. The molecule has 0 bridgehead atoms. The maximum Gasteiger partial charge on any atom is 0.193 e. The van der Waals surface area contributed by atoms with Crippen molar-refractivity contribution >= 4 is 39.1 Å². The molecule has 8 heteroatoms. The molecule has 1 aliphatic heterocycles. The molecule has 1 fully saturated rings. The van der Waals surface area contributed by atoms with Crippen LogP contribution in [0.3, 0.4) is 0 Å². The first-order valence-electron chi connectivity index (χ1n) is 10.3. The van der Waals surface area contributed by atoms with Crippen molar-refractivity contribution in [1.29, 1.82) is 0 Å². The van der Waals surface area contributed by atoms with Crippen molar-refractivity contribution in [3.05, 3.63) is 46.9 Å². The molecule has 4 aromatic rings. The molecule has 0 saturated carbocycles. The molecule has 0 spiro atoms. The van der Waals surface area contributed by atoms with Crippen LogP contribution in [-0.2, 0) is 7.05 Å². The number of phenols is 1. The zero-order chi connectivity index (χ0) is 21.9. The van der Waals surface area contributed by atoms with Gasteiger partial charge in [0.15, 0.2) is 11.6 Å². The Balaban J connectivity index is 1.65. The Kier molecular flexibility index (Phi) is 4.75. The normalized spacial score (nSPS) is 17.1. The van der Waals surface area contributed by atoms with Gasteiger partial charge in [0.1, 0.15) is 5.52 Å². The van der Waals surface area contributed by atoms with Gasteiger partial charge in [0.25, 0.3) is 0 Å². The highest BCUT2D eigenvalue weighted by Crippen LogP contribution is 2.39. The lowest BCUT2D eigenvalue weighted by atomic mass is 10.0. The van der Waals surface area contributed by atoms with Gasteiger partial charge in [-0.3, -0.25) is 4.68 Å². The van der Waals surface area contributed by atoms with E-state index in [4.69, 9.17) is 16.6 Å². The lowest BCUT2D eigenvalue weighted by Gasteiger charge is -2.34. The first-order chi connectivity index (χ1) is 14.8. The van der Waals surface area contributed by atoms with Crippen molar-refractivity contribution in [3.8, 4) is 17.0 Å². The van der Waals surface area contributed by atoms with Crippen LogP contribution >= 0.6 is 11.6 Å². The number of aromatic nitrogens is 3. The standard InChI is InChI=1S/C23H23ClFN5O/c1-12-6-15(30-5-4-26-13(2)10-30)8-16-18(24)9-19(27-21(12)16)17-7-14-11-29(3)28-22(14)20(25)23(17)31/h6-9,11,13,26,31H,4-5,10H2,1-3H3. The number of hydrogen-bond acceptors (Lipinski definition) is 5. The third-order valence-electron chi connectivity index (χ3n) is 5.88. The van der Waals surface area contributed by atoms with E-state index < -0.39 is 11.6 Å². The van der Waals surface area contributed by atoms with Crippen molar-refractivity contribution in [1.82, 2.24) is 20.1 Å². The molecule has 0 radical (unpaired) electrons. The summed E-state index contributed by atoms with van der Waals surface area (Å²) in [6.07, 6.45) is 1.70. The van der Waals surface area contributed by atoms with Gasteiger partial charge in [-0.15, -0.1) is 0 Å². The number of hydrogen-bond donors (Lipinski definition) is 2. The monoisotopic (exact) mass is 439 g/mol. The largest absolute Gasteiger partial charge is 0.504 e. The van der Waals surface area contributed by atoms with Gasteiger partial charge in [0.05, 0.1) is 16.2 Å². The minimum atomic E-state index is -0.758. The number of halogens is 2. The van der Waals surface area contributed by atoms with E-state index >= 15 is 0 Å². The third kappa shape index (κ3) is 3.38. The Bertz CT molecular complexity index is 1340. The van der Waals surface area contributed by atoms with Gasteiger partial charge in [-0.05, 0) is 43.7 Å². The SMILES string of the molecule is Cc1cc(N2CCNC(C)C2)cc2c(Cl)cc(-c3cc4cn(C)nc4c(F)c3O)nc12. The summed E-state index contributed by atoms with van der Waals surface area (Å²) in [5.74, 6) is -1.23. The van der Waals surface area contributed by atoms with Gasteiger partial charge >= 0.3 is 0 Å². The number of aromatic hydroxyl groups is 1. The van der Waals surface area contributed by atoms with Gasteiger partial charge in [0, 0.05) is 60.9 Å². The van der Waals surface area contributed by atoms with Crippen LogP contribution in [0.15, 0.2) is 30.5 Å². The van der Waals surface area contributed by atoms with Crippen LogP contribution in [-0.4, -0.2) is 45.5 Å². The number of phenolic OH excluding ortho intramolecular Hbond substituents is 1. The molecule has 1 aliphatic rings. The summed E-state index contributed by atoms with van der Waals surface area (Å²) in [5, 5.41) is 20.0. The number of piperazine rings is 1. The first kappa shape index (κ1) is 20.0. The zero-order valence-corrected chi connectivity index (χ0v) is 18.3. The fourth-order valence-electron chi connectivity index (χ4n) is 4.36. The summed E-state index contributed by atoms with van der Waals surface area (Å²) >= 11 is 6.68. The summed E-state index contributed by atoms with van der Waals surface area (Å²) in [6.45, 7) is 6.95. The molecule has 0 amide bonds. The van der Waals surface area contributed by atoms with E-state index in [1.807, 2.05) is 6.92 Å². The van der Waals surface area contributed by atoms with Crippen molar-refractivity contribution in [2.24, 2.45) is 7.05 Å². The van der Waals surface area contributed by atoms with Crippen LogP contribution in [0.25, 0.3) is 33.1 Å². The average Bonchev–Trinajstić information content (AvgIpc) is 3.11. The van der Waals surface area contributed by atoms with Crippen LogP contribution in [0.5, 0.6) is 5.75 Å². The molecule has 31 heavy (non-hydrogen) atoms. The number of pyridine rings is 1. The molecular weight excluding hydrogens is 417 g/mol. The van der Waals surface area contributed by atoms with Crippen molar-refractivity contribution in [2.45, 2.75) is 19.9 Å². The van der Waals surface area contributed by atoms with E-state index in [1.54, 1.807) is 25.4 Å². The lowest BCUT2D eigenvalue weighted by molar-refractivity contribution is 0.437. The van der Waals surface area contributed by atoms with Crippen LogP contribution < -0.4 is 10.2 Å². The Hall–Kier alpha value is -2.90. The second kappa shape index (κ2) is 7.35. The predicted molar refractivity (Wildman–Crippen MR) is 122 cm³/mol. The van der Waals surface area contributed by atoms with Crippen LogP contribution in [0.4, 0.5) is 10.1 Å². The molecule has 2 N–H and O–H groups in total. The van der Waals surface area contributed by atoms with Crippen molar-refractivity contribution in [2.75, 3.05) is 24.5 Å². The maximum absolute atomic E-state index is 14.7. The molecule has 2 aromatic heterocycles. The predicted octanol–water partition coefficient (Wildman–Crippen LogP) is 4.39. The highest BCUT2D eigenvalue weighted by Gasteiger charge is 2.21. The number of fused-ring (bicyclic) bond motifs is 2. The fourth-order valence-corrected chi connectivity index (χ4v) is 4.61. The van der Waals surface area contributed by atoms with Crippen LogP contribution in [0.2, 0.25) is 5.02 Å². The second-order valence-electron chi connectivity index (χ2n) is 8.28. The Morgan fingerprint density at radius 3 is 2.81 bits per heavy atom. The smallest absolute Gasteiger partial charge is 0.193 e. The average molecular weight is 440 g/mol. The van der Waals surface area contributed by atoms with E-state index in [2.05, 4.69) is 34.4 Å². The zero-order valence-electron chi connectivity index (χ0n) is 17.6. The molecule has 3 heterocycles. The Labute approximate surface area is 184 Å².